The summed E-state index contributed by atoms with van der Waals surface area (Å²) in [5, 5.41) is 2.44. The SMILES string of the molecule is [C-]#[N+]c1ccccc1N(c1ccccc1)c1ccc(-c2cc3c4ccccc4n(-c4ccccc4)c3cc2-c2ccccc2)cc1. The Morgan fingerprint density at radius 3 is 1.76 bits per heavy atom. The average molecular weight is 588 g/mol. The quantitative estimate of drug-likeness (QED) is 0.176. The third-order valence-corrected chi connectivity index (χ3v) is 8.61. The van der Waals surface area contributed by atoms with Crippen LogP contribution in [0.3, 0.4) is 0 Å². The van der Waals surface area contributed by atoms with Crippen molar-refractivity contribution >= 4 is 44.6 Å². The molecule has 0 amide bonds. The molecule has 0 aliphatic carbocycles. The maximum absolute atomic E-state index is 7.83. The highest BCUT2D eigenvalue weighted by Gasteiger charge is 2.19. The van der Waals surface area contributed by atoms with Gasteiger partial charge in [-0.15, -0.1) is 0 Å². The summed E-state index contributed by atoms with van der Waals surface area (Å²) in [5.74, 6) is 0. The fourth-order valence-corrected chi connectivity index (χ4v) is 6.51. The molecular weight excluding hydrogens is 558 g/mol. The van der Waals surface area contributed by atoms with Crippen LogP contribution < -0.4 is 4.90 Å². The van der Waals surface area contributed by atoms with Crippen LogP contribution in [-0.4, -0.2) is 4.57 Å². The zero-order valence-electron chi connectivity index (χ0n) is 25.1. The highest BCUT2D eigenvalue weighted by molar-refractivity contribution is 6.12. The lowest BCUT2D eigenvalue weighted by molar-refractivity contribution is 1.18. The first kappa shape index (κ1) is 27.2. The maximum atomic E-state index is 7.83. The van der Waals surface area contributed by atoms with Gasteiger partial charge in [-0.3, -0.25) is 0 Å². The fraction of sp³-hybridized carbons (Fsp3) is 0. The zero-order valence-corrected chi connectivity index (χ0v) is 25.1. The minimum absolute atomic E-state index is 0.613. The number of rotatable bonds is 6. The molecule has 0 aliphatic heterocycles. The molecular formula is C43H29N3. The van der Waals surface area contributed by atoms with Crippen molar-refractivity contribution in [1.29, 1.82) is 0 Å². The zero-order chi connectivity index (χ0) is 30.9. The molecule has 0 radical (unpaired) electrons. The van der Waals surface area contributed by atoms with E-state index in [4.69, 9.17) is 6.57 Å². The number of benzene rings is 7. The molecule has 0 atom stereocenters. The number of fused-ring (bicyclic) bond motifs is 3. The van der Waals surface area contributed by atoms with E-state index in [1.165, 1.54) is 38.5 Å². The Hall–Kier alpha value is -6.37. The molecule has 0 spiro atoms. The van der Waals surface area contributed by atoms with E-state index in [-0.39, 0.29) is 0 Å². The van der Waals surface area contributed by atoms with Crippen LogP contribution in [0.4, 0.5) is 22.7 Å². The third-order valence-electron chi connectivity index (χ3n) is 8.61. The number of hydrogen-bond acceptors (Lipinski definition) is 1. The summed E-state index contributed by atoms with van der Waals surface area (Å²) in [5.41, 5.74) is 11.6. The van der Waals surface area contributed by atoms with E-state index >= 15 is 0 Å². The molecule has 8 rings (SSSR count). The van der Waals surface area contributed by atoms with Gasteiger partial charge < -0.3 is 9.47 Å². The Balaban J connectivity index is 1.34. The second-order valence-electron chi connectivity index (χ2n) is 11.3. The van der Waals surface area contributed by atoms with Crippen molar-refractivity contribution in [3.63, 3.8) is 0 Å². The maximum Gasteiger partial charge on any atom is 0.210 e. The van der Waals surface area contributed by atoms with Gasteiger partial charge >= 0.3 is 0 Å². The summed E-state index contributed by atoms with van der Waals surface area (Å²) in [6.45, 7) is 7.83. The molecule has 0 fully saturated rings. The van der Waals surface area contributed by atoms with Crippen LogP contribution in [-0.2, 0) is 0 Å². The van der Waals surface area contributed by atoms with Crippen molar-refractivity contribution in [3.05, 3.63) is 187 Å². The molecule has 3 nitrogen and oxygen atoms in total. The molecule has 1 heterocycles. The van der Waals surface area contributed by atoms with Gasteiger partial charge in [-0.05, 0) is 82.9 Å². The molecule has 0 saturated heterocycles. The number of aromatic nitrogens is 1. The second-order valence-corrected chi connectivity index (χ2v) is 11.3. The lowest BCUT2D eigenvalue weighted by atomic mass is 9.92. The number of anilines is 3. The van der Waals surface area contributed by atoms with Gasteiger partial charge in [0, 0.05) is 27.8 Å². The van der Waals surface area contributed by atoms with E-state index in [1.54, 1.807) is 0 Å². The van der Waals surface area contributed by atoms with E-state index in [9.17, 15) is 0 Å². The van der Waals surface area contributed by atoms with Crippen molar-refractivity contribution in [1.82, 2.24) is 4.57 Å². The van der Waals surface area contributed by atoms with Crippen LogP contribution in [0.15, 0.2) is 176 Å². The molecule has 3 heteroatoms. The summed E-state index contributed by atoms with van der Waals surface area (Å²) < 4.78 is 2.37. The first-order valence-electron chi connectivity index (χ1n) is 15.4. The average Bonchev–Trinajstić information content (AvgIpc) is 3.46. The van der Waals surface area contributed by atoms with E-state index in [2.05, 4.69) is 148 Å². The van der Waals surface area contributed by atoms with Crippen LogP contribution in [0, 0.1) is 6.57 Å². The first-order valence-corrected chi connectivity index (χ1v) is 15.4. The smallest absolute Gasteiger partial charge is 0.210 e. The third kappa shape index (κ3) is 4.70. The lowest BCUT2D eigenvalue weighted by Gasteiger charge is -2.27. The normalized spacial score (nSPS) is 11.0. The molecule has 216 valence electrons. The Bertz CT molecular complexity index is 2350. The number of nitrogens with zero attached hydrogens (tertiary/aromatic N) is 3. The molecule has 46 heavy (non-hydrogen) atoms. The second kappa shape index (κ2) is 11.6. The van der Waals surface area contributed by atoms with Gasteiger partial charge in [-0.2, -0.15) is 0 Å². The largest absolute Gasteiger partial charge is 0.320 e. The Labute approximate surface area is 268 Å². The topological polar surface area (TPSA) is 12.5 Å². The molecule has 7 aromatic carbocycles. The van der Waals surface area contributed by atoms with Crippen molar-refractivity contribution in [2.24, 2.45) is 0 Å². The van der Waals surface area contributed by atoms with Crippen LogP contribution in [0.2, 0.25) is 0 Å². The molecule has 0 aliphatic rings. The predicted molar refractivity (Wildman–Crippen MR) is 193 cm³/mol. The highest BCUT2D eigenvalue weighted by atomic mass is 15.2. The Kier molecular flexibility index (Phi) is 6.87. The van der Waals surface area contributed by atoms with E-state index in [0.717, 1.165) is 28.3 Å². The van der Waals surface area contributed by atoms with Crippen LogP contribution >= 0.6 is 0 Å². The molecule has 0 bridgehead atoms. The van der Waals surface area contributed by atoms with Crippen molar-refractivity contribution in [2.75, 3.05) is 4.90 Å². The summed E-state index contributed by atoms with van der Waals surface area (Å²) in [6.07, 6.45) is 0. The molecule has 1 aromatic heterocycles. The predicted octanol–water partition coefficient (Wildman–Crippen LogP) is 12.1. The van der Waals surface area contributed by atoms with Crippen molar-refractivity contribution in [2.45, 2.75) is 0 Å². The van der Waals surface area contributed by atoms with Crippen LogP contribution in [0.5, 0.6) is 0 Å². The summed E-state index contributed by atoms with van der Waals surface area (Å²) in [7, 11) is 0. The molecule has 0 N–H and O–H groups in total. The van der Waals surface area contributed by atoms with E-state index in [0.29, 0.717) is 5.69 Å². The highest BCUT2D eigenvalue weighted by Crippen LogP contribution is 2.43. The minimum Gasteiger partial charge on any atom is -0.320 e. The molecule has 8 aromatic rings. The van der Waals surface area contributed by atoms with Gasteiger partial charge in [0.05, 0.1) is 23.3 Å². The standard InChI is InChI=1S/C43H29N3/c1-44-40-22-12-14-24-42(40)45(33-17-7-3-8-18-33)35-27-25-32(26-28-35)37-29-39-36-21-11-13-23-41(36)46(34-19-9-4-10-20-34)43(39)30-38(37)31-15-5-2-6-16-31/h2-30H. The Morgan fingerprint density at radius 2 is 1.02 bits per heavy atom. The van der Waals surface area contributed by atoms with Crippen molar-refractivity contribution in [3.8, 4) is 27.9 Å². The van der Waals surface area contributed by atoms with Crippen molar-refractivity contribution < 1.29 is 0 Å². The van der Waals surface area contributed by atoms with E-state index in [1.807, 2.05) is 42.5 Å². The first-order chi connectivity index (χ1) is 22.8. The van der Waals surface area contributed by atoms with Gasteiger partial charge in [0.25, 0.3) is 0 Å². The minimum atomic E-state index is 0.613. The summed E-state index contributed by atoms with van der Waals surface area (Å²) >= 11 is 0. The van der Waals surface area contributed by atoms with Crippen LogP contribution in [0.1, 0.15) is 0 Å². The van der Waals surface area contributed by atoms with Gasteiger partial charge in [-0.25, -0.2) is 4.85 Å². The Morgan fingerprint density at radius 1 is 0.457 bits per heavy atom. The van der Waals surface area contributed by atoms with Gasteiger partial charge in [-0.1, -0.05) is 115 Å². The van der Waals surface area contributed by atoms with E-state index < -0.39 is 0 Å². The van der Waals surface area contributed by atoms with Gasteiger partial charge in [0.1, 0.15) is 0 Å². The number of hydrogen-bond donors (Lipinski definition) is 0. The summed E-state index contributed by atoms with van der Waals surface area (Å²) in [4.78, 5) is 6.00. The lowest BCUT2D eigenvalue weighted by Crippen LogP contribution is -2.09. The fourth-order valence-electron chi connectivity index (χ4n) is 6.51. The molecule has 0 unspecified atom stereocenters. The molecule has 0 saturated carbocycles. The number of para-hydroxylation sites is 5. The monoisotopic (exact) mass is 587 g/mol. The van der Waals surface area contributed by atoms with Gasteiger partial charge in [0.2, 0.25) is 5.69 Å². The van der Waals surface area contributed by atoms with Crippen LogP contribution in [0.25, 0.3) is 54.6 Å². The van der Waals surface area contributed by atoms with Gasteiger partial charge in [0.15, 0.2) is 0 Å². The summed E-state index contributed by atoms with van der Waals surface area (Å²) in [6, 6.07) is 61.4.